The minimum atomic E-state index is -1.11. The molecule has 0 unspecified atom stereocenters. The molecule has 0 aliphatic carbocycles. The summed E-state index contributed by atoms with van der Waals surface area (Å²) in [4.78, 5) is 32.3. The summed E-state index contributed by atoms with van der Waals surface area (Å²) in [7, 11) is 0. The second-order valence-corrected chi connectivity index (χ2v) is 9.06. The van der Waals surface area contributed by atoms with E-state index < -0.39 is 5.97 Å². The average molecular weight is 462 g/mol. The lowest BCUT2D eigenvalue weighted by Gasteiger charge is -2.32. The van der Waals surface area contributed by atoms with E-state index in [1.807, 2.05) is 28.5 Å². The zero-order chi connectivity index (χ0) is 22.8. The Morgan fingerprint density at radius 3 is 2.55 bits per heavy atom. The summed E-state index contributed by atoms with van der Waals surface area (Å²) >= 11 is 1.60. The molecule has 0 atom stereocenters. The number of carboxylic acids is 1. The Hall–Kier alpha value is -3.72. The van der Waals surface area contributed by atoms with Gasteiger partial charge in [0.15, 0.2) is 5.65 Å². The average Bonchev–Trinajstić information content (AvgIpc) is 3.53. The molecule has 8 nitrogen and oxygen atoms in total. The lowest BCUT2D eigenvalue weighted by atomic mass is 9.89. The van der Waals surface area contributed by atoms with E-state index in [1.165, 1.54) is 22.5 Å². The third kappa shape index (κ3) is 4.19. The Morgan fingerprint density at radius 1 is 1.06 bits per heavy atom. The molecule has 2 N–H and O–H groups in total. The minimum absolute atomic E-state index is 0.00292. The first-order valence-corrected chi connectivity index (χ1v) is 11.7. The van der Waals surface area contributed by atoms with Crippen LogP contribution in [0.5, 0.6) is 0 Å². The van der Waals surface area contributed by atoms with Crippen LogP contribution in [-0.2, 0) is 6.54 Å². The van der Waals surface area contributed by atoms with Crippen LogP contribution in [0.25, 0.3) is 5.65 Å². The number of rotatable bonds is 6. The number of piperidine rings is 1. The zero-order valence-corrected chi connectivity index (χ0v) is 18.7. The smallest absolute Gasteiger partial charge is 0.341 e. The maximum Gasteiger partial charge on any atom is 0.341 e. The third-order valence-corrected chi connectivity index (χ3v) is 6.93. The van der Waals surface area contributed by atoms with Crippen molar-refractivity contribution in [3.8, 4) is 0 Å². The van der Waals surface area contributed by atoms with Gasteiger partial charge >= 0.3 is 5.97 Å². The van der Waals surface area contributed by atoms with E-state index in [1.54, 1.807) is 11.3 Å². The number of hydrogen-bond donors (Lipinski definition) is 2. The van der Waals surface area contributed by atoms with Crippen LogP contribution in [-0.4, -0.2) is 49.6 Å². The van der Waals surface area contributed by atoms with E-state index in [-0.39, 0.29) is 17.1 Å². The molecule has 5 rings (SSSR count). The van der Waals surface area contributed by atoms with E-state index >= 15 is 0 Å². The molecular formula is C24H23N5O3S. The van der Waals surface area contributed by atoms with Crippen molar-refractivity contribution in [2.75, 3.05) is 18.4 Å². The fourth-order valence-electron chi connectivity index (χ4n) is 4.30. The quantitative estimate of drug-likeness (QED) is 0.448. The van der Waals surface area contributed by atoms with Crippen LogP contribution in [0.3, 0.4) is 0 Å². The number of nitrogens with one attached hydrogen (secondary N) is 1. The topological polar surface area (TPSA) is 99.8 Å². The van der Waals surface area contributed by atoms with Crippen LogP contribution in [0.4, 0.5) is 5.82 Å². The molecule has 0 bridgehead atoms. The number of carbonyl (C=O) groups excluding carboxylic acids is 1. The van der Waals surface area contributed by atoms with Crippen molar-refractivity contribution < 1.29 is 14.7 Å². The molecule has 168 valence electrons. The summed E-state index contributed by atoms with van der Waals surface area (Å²) in [5, 5.41) is 19.0. The number of anilines is 1. The van der Waals surface area contributed by atoms with Gasteiger partial charge in [-0.1, -0.05) is 36.4 Å². The number of fused-ring (bicyclic) bond motifs is 1. The first kappa shape index (κ1) is 21.1. The number of likely N-dealkylation sites (tertiary alicyclic amines) is 1. The molecule has 9 heteroatoms. The fraction of sp³-hybridized carbons (Fsp3) is 0.250. The highest BCUT2D eigenvalue weighted by Crippen LogP contribution is 2.30. The van der Waals surface area contributed by atoms with Gasteiger partial charge in [0, 0.05) is 24.2 Å². The first-order valence-electron chi connectivity index (χ1n) is 10.8. The number of carboxylic acid groups (broad SMARTS) is 1. The van der Waals surface area contributed by atoms with Crippen molar-refractivity contribution in [2.45, 2.75) is 25.3 Å². The maximum absolute atomic E-state index is 13.5. The lowest BCUT2D eigenvalue weighted by Crippen LogP contribution is -2.38. The summed E-state index contributed by atoms with van der Waals surface area (Å²) in [6.07, 6.45) is 4.52. The Morgan fingerprint density at radius 2 is 1.85 bits per heavy atom. The van der Waals surface area contributed by atoms with Crippen molar-refractivity contribution in [2.24, 2.45) is 0 Å². The molecule has 33 heavy (non-hydrogen) atoms. The Balaban J connectivity index is 1.42. The predicted octanol–water partition coefficient (Wildman–Crippen LogP) is 4.12. The molecule has 1 amide bonds. The van der Waals surface area contributed by atoms with E-state index in [0.29, 0.717) is 36.9 Å². The Labute approximate surface area is 194 Å². The number of nitrogens with zero attached hydrogens (tertiary/aromatic N) is 4. The van der Waals surface area contributed by atoms with Crippen molar-refractivity contribution in [1.29, 1.82) is 0 Å². The molecule has 1 saturated heterocycles. The van der Waals surface area contributed by atoms with E-state index in [2.05, 4.69) is 39.7 Å². The number of amides is 1. The number of aromatic nitrogens is 3. The second-order valence-electron chi connectivity index (χ2n) is 8.03. The highest BCUT2D eigenvalue weighted by atomic mass is 32.1. The molecule has 1 aliphatic rings. The number of benzene rings is 1. The highest BCUT2D eigenvalue weighted by Gasteiger charge is 2.28. The van der Waals surface area contributed by atoms with Crippen LogP contribution in [0, 0.1) is 0 Å². The second kappa shape index (κ2) is 9.03. The van der Waals surface area contributed by atoms with Crippen molar-refractivity contribution >= 4 is 34.7 Å². The SMILES string of the molecule is O=C(O)c1cnn2c(NCc3cccs3)c(C(=O)N3CCC(c4ccccc4)CC3)cnc12. The van der Waals surface area contributed by atoms with Gasteiger partial charge in [0.2, 0.25) is 0 Å². The molecule has 3 aromatic heterocycles. The lowest BCUT2D eigenvalue weighted by molar-refractivity contribution is 0.0695. The van der Waals surface area contributed by atoms with Crippen LogP contribution in [0.15, 0.2) is 60.2 Å². The molecule has 0 radical (unpaired) electrons. The van der Waals surface area contributed by atoms with Crippen LogP contribution in [0.2, 0.25) is 0 Å². The van der Waals surface area contributed by atoms with Gasteiger partial charge in [-0.05, 0) is 35.8 Å². The van der Waals surface area contributed by atoms with Crippen LogP contribution >= 0.6 is 11.3 Å². The standard InChI is InChI=1S/C24H23N5O3S/c30-23(28-10-8-17(9-11-28)16-5-2-1-3-6-16)19-14-26-22-20(24(31)32)15-27-29(22)21(19)25-13-18-7-4-12-33-18/h1-7,12,14-15,17,25H,8-11,13H2,(H,31,32). The van der Waals surface area contributed by atoms with Crippen LogP contribution < -0.4 is 5.32 Å². The number of thiophene rings is 1. The van der Waals surface area contributed by atoms with Gasteiger partial charge in [-0.25, -0.2) is 9.78 Å². The van der Waals surface area contributed by atoms with E-state index in [0.717, 1.165) is 17.7 Å². The van der Waals surface area contributed by atoms with Gasteiger partial charge in [0.1, 0.15) is 16.9 Å². The monoisotopic (exact) mass is 461 g/mol. The third-order valence-electron chi connectivity index (χ3n) is 6.05. The summed E-state index contributed by atoms with van der Waals surface area (Å²) in [5.74, 6) is -0.340. The van der Waals surface area contributed by atoms with Gasteiger partial charge in [0.05, 0.1) is 12.7 Å². The number of aromatic carboxylic acids is 1. The Bertz CT molecular complexity index is 1280. The normalized spacial score (nSPS) is 14.5. The molecule has 1 aliphatic heterocycles. The molecule has 0 spiro atoms. The maximum atomic E-state index is 13.5. The molecule has 1 aromatic carbocycles. The highest BCUT2D eigenvalue weighted by molar-refractivity contribution is 7.09. The van der Waals surface area contributed by atoms with Gasteiger partial charge in [-0.15, -0.1) is 11.3 Å². The summed E-state index contributed by atoms with van der Waals surface area (Å²) in [6.45, 7) is 1.80. The molecular weight excluding hydrogens is 438 g/mol. The number of hydrogen-bond acceptors (Lipinski definition) is 6. The van der Waals surface area contributed by atoms with Gasteiger partial charge in [0.25, 0.3) is 5.91 Å². The summed E-state index contributed by atoms with van der Waals surface area (Å²) in [6, 6.07) is 14.4. The van der Waals surface area contributed by atoms with Crippen molar-refractivity contribution in [3.05, 3.63) is 81.8 Å². The summed E-state index contributed by atoms with van der Waals surface area (Å²) in [5.41, 5.74) is 1.90. The van der Waals surface area contributed by atoms with Crippen molar-refractivity contribution in [1.82, 2.24) is 19.5 Å². The number of carbonyl (C=O) groups is 2. The Kier molecular flexibility index (Phi) is 5.78. The molecule has 4 heterocycles. The molecule has 0 saturated carbocycles. The largest absolute Gasteiger partial charge is 0.477 e. The van der Waals surface area contributed by atoms with Crippen LogP contribution in [0.1, 0.15) is 49.9 Å². The van der Waals surface area contributed by atoms with Crippen molar-refractivity contribution in [3.63, 3.8) is 0 Å². The summed E-state index contributed by atoms with van der Waals surface area (Å²) < 4.78 is 1.42. The molecule has 1 fully saturated rings. The van der Waals surface area contributed by atoms with Gasteiger partial charge in [-0.2, -0.15) is 9.61 Å². The fourth-order valence-corrected chi connectivity index (χ4v) is 4.95. The zero-order valence-electron chi connectivity index (χ0n) is 17.8. The van der Waals surface area contributed by atoms with E-state index in [4.69, 9.17) is 0 Å². The van der Waals surface area contributed by atoms with E-state index in [9.17, 15) is 14.7 Å². The first-order chi connectivity index (χ1) is 16.1. The minimum Gasteiger partial charge on any atom is -0.477 e. The molecule has 4 aromatic rings. The van der Waals surface area contributed by atoms with Gasteiger partial charge in [-0.3, -0.25) is 4.79 Å². The predicted molar refractivity (Wildman–Crippen MR) is 126 cm³/mol. The van der Waals surface area contributed by atoms with Gasteiger partial charge < -0.3 is 15.3 Å².